The van der Waals surface area contributed by atoms with E-state index in [0.717, 1.165) is 0 Å². The van der Waals surface area contributed by atoms with Crippen molar-refractivity contribution in [3.8, 4) is 0 Å². The molecule has 18 heavy (non-hydrogen) atoms. The van der Waals surface area contributed by atoms with Gasteiger partial charge < -0.3 is 0 Å². The molecule has 0 aliphatic heterocycles. The monoisotopic (exact) mass is 275 g/mol. The third-order valence-electron chi connectivity index (χ3n) is 3.90. The van der Waals surface area contributed by atoms with Crippen molar-refractivity contribution in [1.29, 1.82) is 0 Å². The Morgan fingerprint density at radius 1 is 1.11 bits per heavy atom. The summed E-state index contributed by atoms with van der Waals surface area (Å²) in [6.45, 7) is 14.4. The van der Waals surface area contributed by atoms with Gasteiger partial charge in [0.1, 0.15) is 0 Å². The van der Waals surface area contributed by atoms with Gasteiger partial charge in [0, 0.05) is 12.6 Å². The van der Waals surface area contributed by atoms with Crippen LogP contribution in [0.1, 0.15) is 61.3 Å². The molecule has 1 rings (SSSR count). The van der Waals surface area contributed by atoms with Gasteiger partial charge in [0.2, 0.25) is 10.0 Å². The highest BCUT2D eigenvalue weighted by Crippen LogP contribution is 2.36. The quantitative estimate of drug-likeness (QED) is 0.789. The Hall–Kier alpha value is -0.0900. The normalized spacial score (nSPS) is 20.2. The van der Waals surface area contributed by atoms with E-state index in [0.29, 0.717) is 12.5 Å². The fraction of sp³-hybridized carbons (Fsp3) is 1.00. The maximum absolute atomic E-state index is 12.7. The average Bonchev–Trinajstić information content (AvgIpc) is 2.92. The lowest BCUT2D eigenvalue weighted by Gasteiger charge is -2.40. The van der Waals surface area contributed by atoms with Crippen LogP contribution in [0.25, 0.3) is 0 Å². The fourth-order valence-corrected chi connectivity index (χ4v) is 3.65. The summed E-state index contributed by atoms with van der Waals surface area (Å²) in [5.41, 5.74) is -0.0345. The molecule has 1 atom stereocenters. The molecular formula is C14H29NO2S. The first-order valence-electron chi connectivity index (χ1n) is 6.89. The number of hydrogen-bond donors (Lipinski definition) is 0. The SMILES string of the molecule is C[C@@H](N(CC1CC1)S(=O)(=O)C(C)(C)C)C(C)(C)C. The summed E-state index contributed by atoms with van der Waals surface area (Å²) in [5.74, 6) is 0.576. The Bertz CT molecular complexity index is 383. The molecule has 108 valence electrons. The van der Waals surface area contributed by atoms with Gasteiger partial charge in [-0.05, 0) is 51.9 Å². The molecule has 4 heteroatoms. The third-order valence-corrected chi connectivity index (χ3v) is 6.53. The molecule has 1 fully saturated rings. The first kappa shape index (κ1) is 16.0. The van der Waals surface area contributed by atoms with Crippen LogP contribution in [0.5, 0.6) is 0 Å². The molecule has 0 aromatic rings. The average molecular weight is 275 g/mol. The summed E-state index contributed by atoms with van der Waals surface area (Å²) in [6.07, 6.45) is 2.35. The van der Waals surface area contributed by atoms with Crippen LogP contribution < -0.4 is 0 Å². The Balaban J connectivity index is 3.05. The molecule has 0 N–H and O–H groups in total. The summed E-state index contributed by atoms with van der Waals surface area (Å²) in [4.78, 5) is 0. The molecule has 0 heterocycles. The highest BCUT2D eigenvalue weighted by molar-refractivity contribution is 7.90. The highest BCUT2D eigenvalue weighted by Gasteiger charge is 2.43. The Kier molecular flexibility index (Phi) is 4.24. The number of rotatable bonds is 4. The molecule has 3 nitrogen and oxygen atoms in total. The summed E-state index contributed by atoms with van der Waals surface area (Å²) in [6, 6.07) is 0.0299. The van der Waals surface area contributed by atoms with Crippen molar-refractivity contribution < 1.29 is 8.42 Å². The van der Waals surface area contributed by atoms with Gasteiger partial charge in [-0.15, -0.1) is 0 Å². The minimum atomic E-state index is -3.24. The maximum atomic E-state index is 12.7. The molecule has 0 saturated heterocycles. The molecule has 0 aromatic heterocycles. The van der Waals surface area contributed by atoms with Crippen molar-refractivity contribution in [2.75, 3.05) is 6.54 Å². The van der Waals surface area contributed by atoms with E-state index in [1.165, 1.54) is 12.8 Å². The van der Waals surface area contributed by atoms with Gasteiger partial charge >= 0.3 is 0 Å². The van der Waals surface area contributed by atoms with Gasteiger partial charge in [0.05, 0.1) is 4.75 Å². The van der Waals surface area contributed by atoms with Gasteiger partial charge in [-0.25, -0.2) is 8.42 Å². The Morgan fingerprint density at radius 3 is 1.83 bits per heavy atom. The summed E-state index contributed by atoms with van der Waals surface area (Å²) in [7, 11) is -3.24. The van der Waals surface area contributed by atoms with Crippen molar-refractivity contribution in [3.05, 3.63) is 0 Å². The van der Waals surface area contributed by atoms with Crippen molar-refractivity contribution in [2.45, 2.75) is 72.1 Å². The van der Waals surface area contributed by atoms with Gasteiger partial charge in [0.15, 0.2) is 0 Å². The van der Waals surface area contributed by atoms with Crippen LogP contribution in [0, 0.1) is 11.3 Å². The van der Waals surface area contributed by atoms with Gasteiger partial charge in [-0.3, -0.25) is 0 Å². The van der Waals surface area contributed by atoms with E-state index in [2.05, 4.69) is 20.8 Å². The maximum Gasteiger partial charge on any atom is 0.219 e. The van der Waals surface area contributed by atoms with Gasteiger partial charge in [-0.1, -0.05) is 20.8 Å². The van der Waals surface area contributed by atoms with Crippen LogP contribution in [0.2, 0.25) is 0 Å². The minimum Gasteiger partial charge on any atom is -0.212 e. The lowest BCUT2D eigenvalue weighted by atomic mass is 9.88. The molecule has 0 radical (unpaired) electrons. The molecule has 0 aromatic carbocycles. The van der Waals surface area contributed by atoms with Crippen molar-refractivity contribution in [3.63, 3.8) is 0 Å². The lowest BCUT2D eigenvalue weighted by Crippen LogP contribution is -2.52. The van der Waals surface area contributed by atoms with Crippen LogP contribution in [-0.4, -0.2) is 30.1 Å². The third kappa shape index (κ3) is 3.47. The number of nitrogens with zero attached hydrogens (tertiary/aromatic N) is 1. The zero-order chi connectivity index (χ0) is 14.4. The molecule has 0 unspecified atom stereocenters. The van der Waals surface area contributed by atoms with E-state index in [1.807, 2.05) is 6.92 Å². The second kappa shape index (κ2) is 4.78. The second-order valence-electron chi connectivity index (χ2n) is 7.67. The molecule has 1 aliphatic carbocycles. The first-order valence-corrected chi connectivity index (χ1v) is 8.33. The molecule has 0 bridgehead atoms. The summed E-state index contributed by atoms with van der Waals surface area (Å²) in [5, 5.41) is 0. The predicted octanol–water partition coefficient (Wildman–Crippen LogP) is 3.26. The van der Waals surface area contributed by atoms with Gasteiger partial charge in [0.25, 0.3) is 0 Å². The fourth-order valence-electron chi connectivity index (χ4n) is 1.80. The zero-order valence-corrected chi connectivity index (χ0v) is 13.8. The second-order valence-corrected chi connectivity index (χ2v) is 10.3. The van der Waals surface area contributed by atoms with Crippen LogP contribution in [0.4, 0.5) is 0 Å². The smallest absolute Gasteiger partial charge is 0.212 e. The largest absolute Gasteiger partial charge is 0.219 e. The molecule has 1 saturated carbocycles. The minimum absolute atomic E-state index is 0.0299. The van der Waals surface area contributed by atoms with Gasteiger partial charge in [-0.2, -0.15) is 4.31 Å². The predicted molar refractivity (Wildman–Crippen MR) is 77.0 cm³/mol. The van der Waals surface area contributed by atoms with Crippen molar-refractivity contribution in [1.82, 2.24) is 4.31 Å². The van der Waals surface area contributed by atoms with E-state index in [-0.39, 0.29) is 11.5 Å². The van der Waals surface area contributed by atoms with Crippen LogP contribution in [-0.2, 0) is 10.0 Å². The first-order chi connectivity index (χ1) is 7.87. The molecular weight excluding hydrogens is 246 g/mol. The number of hydrogen-bond acceptors (Lipinski definition) is 2. The van der Waals surface area contributed by atoms with E-state index in [9.17, 15) is 8.42 Å². The molecule has 1 aliphatic rings. The molecule has 0 spiro atoms. The summed E-state index contributed by atoms with van der Waals surface area (Å²) >= 11 is 0. The topological polar surface area (TPSA) is 37.4 Å². The molecule has 0 amide bonds. The standard InChI is InChI=1S/C14H29NO2S/c1-11(13(2,3)4)15(10-12-8-9-12)18(16,17)14(5,6)7/h11-12H,8-10H2,1-7H3/t11-/m1/s1. The lowest BCUT2D eigenvalue weighted by molar-refractivity contribution is 0.184. The highest BCUT2D eigenvalue weighted by atomic mass is 32.2. The van der Waals surface area contributed by atoms with E-state index in [1.54, 1.807) is 25.1 Å². The Morgan fingerprint density at radius 2 is 1.56 bits per heavy atom. The van der Waals surface area contributed by atoms with Crippen LogP contribution in [0.15, 0.2) is 0 Å². The van der Waals surface area contributed by atoms with E-state index < -0.39 is 14.8 Å². The van der Waals surface area contributed by atoms with E-state index >= 15 is 0 Å². The van der Waals surface area contributed by atoms with E-state index in [4.69, 9.17) is 0 Å². The van der Waals surface area contributed by atoms with Crippen LogP contribution >= 0.6 is 0 Å². The summed E-state index contributed by atoms with van der Waals surface area (Å²) < 4.78 is 26.5. The van der Waals surface area contributed by atoms with Crippen molar-refractivity contribution >= 4 is 10.0 Å². The zero-order valence-electron chi connectivity index (χ0n) is 12.9. The number of sulfonamides is 1. The Labute approximate surface area is 113 Å². The van der Waals surface area contributed by atoms with Crippen molar-refractivity contribution in [2.24, 2.45) is 11.3 Å². The van der Waals surface area contributed by atoms with Crippen LogP contribution in [0.3, 0.4) is 0 Å².